The SMILES string of the molecule is O=C(Cl)CSC(c1ccsc1)c1ccsc1. The second kappa shape index (κ2) is 5.87. The second-order valence-electron chi connectivity index (χ2n) is 3.16. The molecule has 1 nitrogen and oxygen atoms in total. The summed E-state index contributed by atoms with van der Waals surface area (Å²) in [5.74, 6) is 0.345. The average molecular weight is 289 g/mol. The third-order valence-corrected chi connectivity index (χ3v) is 5.06. The van der Waals surface area contributed by atoms with Gasteiger partial charge in [-0.3, -0.25) is 4.79 Å². The molecule has 0 radical (unpaired) electrons. The van der Waals surface area contributed by atoms with Crippen molar-refractivity contribution in [1.29, 1.82) is 0 Å². The molecule has 0 aliphatic rings. The summed E-state index contributed by atoms with van der Waals surface area (Å²) in [6.45, 7) is 0. The van der Waals surface area contributed by atoms with E-state index in [9.17, 15) is 4.79 Å². The Morgan fingerprint density at radius 3 is 2.19 bits per heavy atom. The average Bonchev–Trinajstić information content (AvgIpc) is 2.88. The fourth-order valence-corrected chi connectivity index (χ4v) is 4.09. The van der Waals surface area contributed by atoms with Gasteiger partial charge in [0.2, 0.25) is 5.24 Å². The molecule has 0 aliphatic heterocycles. The standard InChI is InChI=1S/C11H9ClOS3/c12-10(13)7-16-11(8-1-3-14-5-8)9-2-4-15-6-9/h1-6,11H,7H2. The van der Waals surface area contributed by atoms with Gasteiger partial charge in [0.1, 0.15) is 0 Å². The number of carbonyl (C=O) groups is 1. The minimum atomic E-state index is -0.291. The lowest BCUT2D eigenvalue weighted by Gasteiger charge is -2.12. The van der Waals surface area contributed by atoms with E-state index in [0.29, 0.717) is 5.75 Å². The molecule has 0 N–H and O–H groups in total. The molecule has 0 amide bonds. The van der Waals surface area contributed by atoms with Crippen LogP contribution in [0.15, 0.2) is 33.7 Å². The van der Waals surface area contributed by atoms with Gasteiger partial charge in [-0.2, -0.15) is 22.7 Å². The molecule has 0 fully saturated rings. The summed E-state index contributed by atoms with van der Waals surface area (Å²) in [5.41, 5.74) is 2.48. The van der Waals surface area contributed by atoms with Gasteiger partial charge in [0.05, 0.1) is 11.0 Å². The van der Waals surface area contributed by atoms with Crippen LogP contribution in [0.25, 0.3) is 0 Å². The molecule has 0 aliphatic carbocycles. The zero-order valence-corrected chi connectivity index (χ0v) is 11.5. The Morgan fingerprint density at radius 2 is 1.81 bits per heavy atom. The van der Waals surface area contributed by atoms with Crippen molar-refractivity contribution < 1.29 is 4.79 Å². The van der Waals surface area contributed by atoms with E-state index in [0.717, 1.165) is 0 Å². The van der Waals surface area contributed by atoms with E-state index in [4.69, 9.17) is 11.6 Å². The Labute approximate surface area is 111 Å². The Kier molecular flexibility index (Phi) is 4.46. The molecule has 0 saturated heterocycles. The maximum Gasteiger partial charge on any atom is 0.231 e. The first-order valence-corrected chi connectivity index (χ1v) is 7.92. The lowest BCUT2D eigenvalue weighted by molar-refractivity contribution is -0.109. The topological polar surface area (TPSA) is 17.1 Å². The van der Waals surface area contributed by atoms with Crippen molar-refractivity contribution in [3.8, 4) is 0 Å². The number of hydrogen-bond donors (Lipinski definition) is 0. The Hall–Kier alpha value is -0.290. The number of hydrogen-bond acceptors (Lipinski definition) is 4. The monoisotopic (exact) mass is 288 g/mol. The Morgan fingerprint density at radius 1 is 1.25 bits per heavy atom. The van der Waals surface area contributed by atoms with Crippen LogP contribution in [-0.2, 0) is 4.79 Å². The van der Waals surface area contributed by atoms with Gasteiger partial charge in [0.15, 0.2) is 0 Å². The largest absolute Gasteiger partial charge is 0.280 e. The van der Waals surface area contributed by atoms with E-state index in [-0.39, 0.29) is 10.5 Å². The summed E-state index contributed by atoms with van der Waals surface area (Å²) in [7, 11) is 0. The first-order valence-electron chi connectivity index (χ1n) is 4.61. The van der Waals surface area contributed by atoms with Crippen molar-refractivity contribution in [2.75, 3.05) is 5.75 Å². The van der Waals surface area contributed by atoms with Crippen molar-refractivity contribution in [3.05, 3.63) is 44.8 Å². The molecule has 0 bridgehead atoms. The van der Waals surface area contributed by atoms with E-state index >= 15 is 0 Å². The normalized spacial score (nSPS) is 10.9. The molecule has 2 rings (SSSR count). The first-order chi connectivity index (χ1) is 7.77. The van der Waals surface area contributed by atoms with Crippen molar-refractivity contribution >= 4 is 51.3 Å². The van der Waals surface area contributed by atoms with Gasteiger partial charge in [-0.25, -0.2) is 0 Å². The maximum absolute atomic E-state index is 10.8. The van der Waals surface area contributed by atoms with Crippen LogP contribution in [-0.4, -0.2) is 11.0 Å². The van der Waals surface area contributed by atoms with Crippen LogP contribution in [0, 0.1) is 0 Å². The zero-order valence-electron chi connectivity index (χ0n) is 8.26. The van der Waals surface area contributed by atoms with Gasteiger partial charge in [0, 0.05) is 0 Å². The van der Waals surface area contributed by atoms with E-state index in [1.165, 1.54) is 11.1 Å². The molecular weight excluding hydrogens is 280 g/mol. The van der Waals surface area contributed by atoms with Gasteiger partial charge < -0.3 is 0 Å². The van der Waals surface area contributed by atoms with Crippen molar-refractivity contribution in [2.45, 2.75) is 5.25 Å². The number of carbonyl (C=O) groups excluding carboxylic acids is 1. The minimum absolute atomic E-state index is 0.222. The van der Waals surface area contributed by atoms with Crippen LogP contribution in [0.4, 0.5) is 0 Å². The Bertz CT molecular complexity index is 402. The number of rotatable bonds is 5. The molecule has 5 heteroatoms. The first kappa shape index (κ1) is 12.2. The molecule has 16 heavy (non-hydrogen) atoms. The van der Waals surface area contributed by atoms with Crippen LogP contribution in [0.1, 0.15) is 16.4 Å². The van der Waals surface area contributed by atoms with E-state index in [1.54, 1.807) is 34.4 Å². The minimum Gasteiger partial charge on any atom is -0.280 e. The van der Waals surface area contributed by atoms with Gasteiger partial charge >= 0.3 is 0 Å². The quantitative estimate of drug-likeness (QED) is 0.759. The molecule has 0 saturated carbocycles. The predicted octanol–water partition coefficient (Wildman–Crippen LogP) is 4.40. The second-order valence-corrected chi connectivity index (χ2v) is 6.23. The molecule has 84 valence electrons. The zero-order chi connectivity index (χ0) is 11.4. The molecule has 2 aromatic rings. The molecule has 0 aromatic carbocycles. The van der Waals surface area contributed by atoms with E-state index in [1.807, 2.05) is 0 Å². The van der Waals surface area contributed by atoms with Crippen molar-refractivity contribution in [2.24, 2.45) is 0 Å². The van der Waals surface area contributed by atoms with Gasteiger partial charge in [-0.15, -0.1) is 11.8 Å². The number of thiophene rings is 2. The third-order valence-electron chi connectivity index (χ3n) is 2.06. The van der Waals surface area contributed by atoms with Crippen LogP contribution in [0.2, 0.25) is 0 Å². The highest BCUT2D eigenvalue weighted by Gasteiger charge is 2.16. The molecule has 2 heterocycles. The smallest absolute Gasteiger partial charge is 0.231 e. The van der Waals surface area contributed by atoms with Crippen LogP contribution in [0.5, 0.6) is 0 Å². The van der Waals surface area contributed by atoms with E-state index in [2.05, 4.69) is 33.7 Å². The summed E-state index contributed by atoms with van der Waals surface area (Å²) in [4.78, 5) is 10.8. The highest BCUT2D eigenvalue weighted by molar-refractivity contribution is 8.00. The summed E-state index contributed by atoms with van der Waals surface area (Å²) in [6.07, 6.45) is 0. The van der Waals surface area contributed by atoms with Gasteiger partial charge in [0.25, 0.3) is 0 Å². The van der Waals surface area contributed by atoms with Crippen LogP contribution >= 0.6 is 46.0 Å². The molecular formula is C11H9ClOS3. The Balaban J connectivity index is 2.17. The molecule has 0 spiro atoms. The lowest BCUT2D eigenvalue weighted by atomic mass is 10.1. The highest BCUT2D eigenvalue weighted by Crippen LogP contribution is 2.37. The van der Waals surface area contributed by atoms with E-state index < -0.39 is 0 Å². The van der Waals surface area contributed by atoms with Crippen molar-refractivity contribution in [3.63, 3.8) is 0 Å². The highest BCUT2D eigenvalue weighted by atomic mass is 35.5. The summed E-state index contributed by atoms with van der Waals surface area (Å²) < 4.78 is 0. The third kappa shape index (κ3) is 3.10. The van der Waals surface area contributed by atoms with Gasteiger partial charge in [-0.05, 0) is 56.4 Å². The number of halogens is 1. The maximum atomic E-state index is 10.8. The van der Waals surface area contributed by atoms with Gasteiger partial charge in [-0.1, -0.05) is 0 Å². The van der Waals surface area contributed by atoms with Crippen LogP contribution in [0.3, 0.4) is 0 Å². The van der Waals surface area contributed by atoms with Crippen molar-refractivity contribution in [1.82, 2.24) is 0 Å². The summed E-state index contributed by atoms with van der Waals surface area (Å²) in [6, 6.07) is 4.19. The number of thioether (sulfide) groups is 1. The molecule has 0 atom stereocenters. The predicted molar refractivity (Wildman–Crippen MR) is 73.8 cm³/mol. The fourth-order valence-electron chi connectivity index (χ4n) is 1.38. The fraction of sp³-hybridized carbons (Fsp3) is 0.182. The lowest BCUT2D eigenvalue weighted by Crippen LogP contribution is -1.98. The summed E-state index contributed by atoms with van der Waals surface area (Å²) >= 11 is 10.3. The summed E-state index contributed by atoms with van der Waals surface area (Å²) in [5, 5.41) is 8.28. The molecule has 2 aromatic heterocycles. The van der Waals surface area contributed by atoms with Crippen LogP contribution < -0.4 is 0 Å². The molecule has 0 unspecified atom stereocenters.